The van der Waals surface area contributed by atoms with Crippen LogP contribution >= 0.6 is 0 Å². The predicted octanol–water partition coefficient (Wildman–Crippen LogP) is 2.76. The zero-order valence-electron chi connectivity index (χ0n) is 25.9. The zero-order valence-corrected chi connectivity index (χ0v) is 25.9. The van der Waals surface area contributed by atoms with E-state index in [1.165, 1.54) is 53.3 Å². The van der Waals surface area contributed by atoms with Crippen molar-refractivity contribution in [3.63, 3.8) is 0 Å². The van der Waals surface area contributed by atoms with E-state index >= 15 is 0 Å². The molecule has 0 bridgehead atoms. The lowest BCUT2D eigenvalue weighted by Crippen LogP contribution is -2.30. The number of nitro groups is 1. The van der Waals surface area contributed by atoms with Gasteiger partial charge >= 0.3 is 0 Å². The van der Waals surface area contributed by atoms with Crippen molar-refractivity contribution in [1.29, 1.82) is 0 Å². The maximum Gasteiger partial charge on any atom is 0.287 e. The third-order valence-electron chi connectivity index (χ3n) is 7.32. The molecule has 4 N–H and O–H groups in total. The minimum Gasteiger partial charge on any atom is -0.355 e. The second-order valence-electron chi connectivity index (χ2n) is 10.8. The van der Waals surface area contributed by atoms with Crippen LogP contribution in [0.4, 0.5) is 22.7 Å². The topological polar surface area (TPSA) is 191 Å². The Kier molecular flexibility index (Phi) is 9.57. The maximum atomic E-state index is 13.2. The third-order valence-corrected chi connectivity index (χ3v) is 7.32. The smallest absolute Gasteiger partial charge is 0.287 e. The number of rotatable bonds is 12. The van der Waals surface area contributed by atoms with Crippen molar-refractivity contribution in [3.05, 3.63) is 81.9 Å². The van der Waals surface area contributed by atoms with Gasteiger partial charge in [0.05, 0.1) is 28.2 Å². The van der Waals surface area contributed by atoms with Crippen LogP contribution in [0.3, 0.4) is 0 Å². The molecule has 0 spiro atoms. The Morgan fingerprint density at radius 3 is 1.36 bits per heavy atom. The summed E-state index contributed by atoms with van der Waals surface area (Å²) in [6.07, 6.45) is 6.53. The zero-order chi connectivity index (χ0) is 33.0. The van der Waals surface area contributed by atoms with Gasteiger partial charge in [-0.15, -0.1) is 0 Å². The van der Waals surface area contributed by atoms with E-state index in [9.17, 15) is 29.3 Å². The molecule has 0 saturated heterocycles. The number of hydrogen-bond acceptors (Lipinski definition) is 7. The highest BCUT2D eigenvalue weighted by Gasteiger charge is 2.24. The molecule has 16 nitrogen and oxygen atoms in total. The van der Waals surface area contributed by atoms with Crippen LogP contribution < -0.4 is 14.7 Å². The van der Waals surface area contributed by atoms with Gasteiger partial charge in [-0.1, -0.05) is 0 Å². The fourth-order valence-electron chi connectivity index (χ4n) is 4.54. The minimum absolute atomic E-state index is 0.0234. The Hall–Kier alpha value is -5.64. The van der Waals surface area contributed by atoms with Crippen LogP contribution in [0.2, 0.25) is 0 Å². The number of carbonyl (C=O) groups excluding carboxylic acids is 4. The lowest BCUT2D eigenvalue weighted by atomic mass is 10.3. The number of carbonyl (C=O) groups is 4. The fourth-order valence-corrected chi connectivity index (χ4v) is 4.54. The van der Waals surface area contributed by atoms with Crippen LogP contribution in [0.5, 0.6) is 0 Å². The second-order valence-corrected chi connectivity index (χ2v) is 10.8. The van der Waals surface area contributed by atoms with E-state index in [4.69, 9.17) is 0 Å². The molecule has 4 aromatic heterocycles. The van der Waals surface area contributed by atoms with E-state index in [0.717, 1.165) is 25.2 Å². The van der Waals surface area contributed by atoms with E-state index in [1.54, 1.807) is 31.3 Å². The number of aromatic amines is 4. The molecule has 0 saturated carbocycles. The molecular formula is C29H36N10O6. The Labute approximate surface area is 258 Å². The van der Waals surface area contributed by atoms with Crippen LogP contribution in [-0.4, -0.2) is 114 Å². The highest BCUT2D eigenvalue weighted by atomic mass is 16.6. The summed E-state index contributed by atoms with van der Waals surface area (Å²) in [6.45, 7) is 1.45. The van der Waals surface area contributed by atoms with Gasteiger partial charge in [-0.25, -0.2) is 0 Å². The van der Waals surface area contributed by atoms with Gasteiger partial charge in [0.15, 0.2) is 0 Å². The summed E-state index contributed by atoms with van der Waals surface area (Å²) in [4.78, 5) is 81.3. The largest absolute Gasteiger partial charge is 0.355 e. The predicted molar refractivity (Wildman–Crippen MR) is 168 cm³/mol. The van der Waals surface area contributed by atoms with E-state index in [0.29, 0.717) is 29.3 Å². The number of aromatic nitrogens is 4. The number of amides is 4. The highest BCUT2D eigenvalue weighted by molar-refractivity contribution is 6.09. The summed E-state index contributed by atoms with van der Waals surface area (Å²) in [5, 5.41) is 10.9. The Balaban J connectivity index is 1.39. The maximum absolute atomic E-state index is 13.2. The van der Waals surface area contributed by atoms with Crippen molar-refractivity contribution >= 4 is 46.4 Å². The summed E-state index contributed by atoms with van der Waals surface area (Å²) in [7, 11) is 10.3. The third kappa shape index (κ3) is 7.13. The van der Waals surface area contributed by atoms with Crippen LogP contribution in [0.25, 0.3) is 0 Å². The van der Waals surface area contributed by atoms with Gasteiger partial charge in [0.25, 0.3) is 29.3 Å². The molecule has 0 unspecified atom stereocenters. The lowest BCUT2D eigenvalue weighted by Gasteiger charge is -2.18. The highest BCUT2D eigenvalue weighted by Crippen LogP contribution is 2.24. The number of nitrogens with zero attached hydrogens (tertiary/aromatic N) is 6. The molecule has 4 heterocycles. The summed E-state index contributed by atoms with van der Waals surface area (Å²) in [6, 6.07) is 5.76. The van der Waals surface area contributed by atoms with Gasteiger partial charge in [0.2, 0.25) is 0 Å². The molecule has 0 aliphatic carbocycles. The van der Waals surface area contributed by atoms with Crippen molar-refractivity contribution in [1.82, 2.24) is 29.7 Å². The number of nitrogens with one attached hydrogen (secondary N) is 4. The van der Waals surface area contributed by atoms with Gasteiger partial charge in [0, 0.05) is 59.4 Å². The molecule has 4 aromatic rings. The molecule has 0 aromatic carbocycles. The standard InChI is InChI=1S/C29H36N10O6/c1-34(2)8-7-9-35(3)26(40)22-10-18(14-30-22)36(4)27(41)23-11-19(15-31-23)37(5)28(42)24-12-20(16-32-24)38(6)29(43)25-13-21(17-33-25)39(44)45/h10-17,30-33H,7-9H2,1-6H3. The summed E-state index contributed by atoms with van der Waals surface area (Å²) < 4.78 is 0. The molecule has 238 valence electrons. The van der Waals surface area contributed by atoms with Gasteiger partial charge in [-0.3, -0.25) is 29.3 Å². The average Bonchev–Trinajstić information content (AvgIpc) is 3.84. The molecular weight excluding hydrogens is 584 g/mol. The van der Waals surface area contributed by atoms with Crippen LogP contribution in [0.15, 0.2) is 49.1 Å². The summed E-state index contributed by atoms with van der Waals surface area (Å²) in [5.41, 5.74) is 1.82. The van der Waals surface area contributed by atoms with Gasteiger partial charge in [-0.2, -0.15) is 0 Å². The molecule has 0 radical (unpaired) electrons. The van der Waals surface area contributed by atoms with Crippen LogP contribution in [0, 0.1) is 10.1 Å². The molecule has 0 aliphatic rings. The van der Waals surface area contributed by atoms with Crippen molar-refractivity contribution < 1.29 is 24.1 Å². The normalized spacial score (nSPS) is 11.0. The number of hydrogen-bond donors (Lipinski definition) is 4. The Morgan fingerprint density at radius 2 is 0.978 bits per heavy atom. The van der Waals surface area contributed by atoms with Gasteiger partial charge in [-0.05, 0) is 45.3 Å². The van der Waals surface area contributed by atoms with Crippen LogP contribution in [-0.2, 0) is 0 Å². The van der Waals surface area contributed by atoms with Crippen molar-refractivity contribution in [2.45, 2.75) is 6.42 Å². The lowest BCUT2D eigenvalue weighted by molar-refractivity contribution is -0.384. The fraction of sp³-hybridized carbons (Fsp3) is 0.310. The van der Waals surface area contributed by atoms with Gasteiger partial charge in [0.1, 0.15) is 22.8 Å². The number of anilines is 3. The first-order chi connectivity index (χ1) is 21.3. The Morgan fingerprint density at radius 1 is 0.600 bits per heavy atom. The van der Waals surface area contributed by atoms with E-state index in [2.05, 4.69) is 24.8 Å². The van der Waals surface area contributed by atoms with Crippen LogP contribution in [0.1, 0.15) is 48.4 Å². The average molecular weight is 621 g/mol. The van der Waals surface area contributed by atoms with Gasteiger partial charge < -0.3 is 44.4 Å². The van der Waals surface area contributed by atoms with E-state index in [-0.39, 0.29) is 34.6 Å². The van der Waals surface area contributed by atoms with E-state index < -0.39 is 16.7 Å². The molecule has 4 amide bonds. The quantitative estimate of drug-likeness (QED) is 0.138. The van der Waals surface area contributed by atoms with E-state index in [1.807, 2.05) is 14.1 Å². The molecule has 45 heavy (non-hydrogen) atoms. The minimum atomic E-state index is -0.609. The number of H-pyrrole nitrogens is 4. The van der Waals surface area contributed by atoms with Crippen molar-refractivity contribution in [2.75, 3.05) is 70.1 Å². The first-order valence-corrected chi connectivity index (χ1v) is 13.9. The SMILES string of the molecule is CN(C)CCCN(C)C(=O)c1cc(N(C)C(=O)c2cc(N(C)C(=O)c3cc(N(C)C(=O)c4cc([N+](=O)[O-])c[nH]4)c[nH]3)c[nH]2)c[nH]1. The molecule has 0 atom stereocenters. The Bertz CT molecular complexity index is 1710. The molecule has 4 rings (SSSR count). The molecule has 0 fully saturated rings. The summed E-state index contributed by atoms with van der Waals surface area (Å²) >= 11 is 0. The summed E-state index contributed by atoms with van der Waals surface area (Å²) in [5.74, 6) is -1.53. The first-order valence-electron chi connectivity index (χ1n) is 13.9. The van der Waals surface area contributed by atoms with Crippen molar-refractivity contribution in [2.24, 2.45) is 0 Å². The van der Waals surface area contributed by atoms with Crippen molar-refractivity contribution in [3.8, 4) is 0 Å². The monoisotopic (exact) mass is 620 g/mol. The first kappa shape index (κ1) is 32.3. The molecule has 0 aliphatic heterocycles. The molecule has 16 heteroatoms. The second kappa shape index (κ2) is 13.3.